The van der Waals surface area contributed by atoms with Crippen molar-refractivity contribution in [1.82, 2.24) is 21.0 Å². The summed E-state index contributed by atoms with van der Waals surface area (Å²) in [5.74, 6) is -0.986. The van der Waals surface area contributed by atoms with E-state index in [4.69, 9.17) is 0 Å². The first-order valence-electron chi connectivity index (χ1n) is 3.44. The molecule has 13 heavy (non-hydrogen) atoms. The number of hydrazine groups is 1. The molecule has 0 saturated heterocycles. The largest absolute Gasteiger partial charge is 0.293 e. The van der Waals surface area contributed by atoms with Gasteiger partial charge in [0, 0.05) is 13.0 Å². The van der Waals surface area contributed by atoms with E-state index in [1.54, 1.807) is 0 Å². The number of hydrogen-bond donors (Lipinski definition) is 4. The van der Waals surface area contributed by atoms with Crippen LogP contribution in [0.5, 0.6) is 0 Å². The van der Waals surface area contributed by atoms with Gasteiger partial charge in [-0.25, -0.2) is 0 Å². The van der Waals surface area contributed by atoms with Crippen LogP contribution >= 0.6 is 0 Å². The fourth-order valence-corrected chi connectivity index (χ4v) is 0.667. The lowest BCUT2D eigenvalue weighted by molar-refractivity contribution is -0.119. The maximum atomic E-state index is 11.0. The molecule has 0 fully saturated rings. The Kier molecular flexibility index (Phi) is 2.48. The topological polar surface area (TPSA) is 107 Å². The van der Waals surface area contributed by atoms with Crippen LogP contribution in [0, 0.1) is 0 Å². The summed E-state index contributed by atoms with van der Waals surface area (Å²) in [5, 5.41) is 4.51. The highest BCUT2D eigenvalue weighted by molar-refractivity contribution is 5.93. The SMILES string of the molecule is CC(=O)NNC(=O)c1cc(=O)[nH][nH]1. The molecular formula is C6H8N4O3. The number of H-pyrrole nitrogens is 2. The molecule has 0 spiro atoms. The summed E-state index contributed by atoms with van der Waals surface area (Å²) in [6.07, 6.45) is 0. The number of rotatable bonds is 1. The summed E-state index contributed by atoms with van der Waals surface area (Å²) >= 11 is 0. The Morgan fingerprint density at radius 1 is 1.31 bits per heavy atom. The van der Waals surface area contributed by atoms with E-state index in [2.05, 4.69) is 21.0 Å². The van der Waals surface area contributed by atoms with Crippen molar-refractivity contribution >= 4 is 11.8 Å². The van der Waals surface area contributed by atoms with E-state index in [1.165, 1.54) is 6.92 Å². The number of amides is 2. The van der Waals surface area contributed by atoms with Crippen molar-refractivity contribution < 1.29 is 9.59 Å². The summed E-state index contributed by atoms with van der Waals surface area (Å²) in [5.41, 5.74) is 3.81. The first kappa shape index (κ1) is 9.04. The number of aromatic nitrogens is 2. The standard InChI is InChI=1S/C6H8N4O3/c1-3(11)7-10-6(13)4-2-5(12)9-8-4/h2H,1H3,(H,7,11)(H,10,13)(H2,8,9,12). The summed E-state index contributed by atoms with van der Waals surface area (Å²) in [6, 6.07) is 1.08. The Labute approximate surface area is 72.5 Å². The second kappa shape index (κ2) is 3.57. The van der Waals surface area contributed by atoms with Crippen LogP contribution in [0.1, 0.15) is 17.4 Å². The van der Waals surface area contributed by atoms with Crippen LogP contribution in [-0.2, 0) is 4.79 Å². The van der Waals surface area contributed by atoms with Gasteiger partial charge in [-0.2, -0.15) is 0 Å². The summed E-state index contributed by atoms with van der Waals surface area (Å²) in [6.45, 7) is 1.25. The minimum atomic E-state index is -0.589. The van der Waals surface area contributed by atoms with Gasteiger partial charge in [-0.1, -0.05) is 0 Å². The molecule has 0 aliphatic rings. The molecule has 0 saturated carbocycles. The number of carbonyl (C=O) groups is 2. The molecule has 2 amide bonds. The van der Waals surface area contributed by atoms with Gasteiger partial charge in [-0.05, 0) is 0 Å². The van der Waals surface area contributed by atoms with Gasteiger partial charge in [0.05, 0.1) is 0 Å². The van der Waals surface area contributed by atoms with Crippen LogP contribution in [0.3, 0.4) is 0 Å². The zero-order valence-electron chi connectivity index (χ0n) is 6.80. The molecule has 0 unspecified atom stereocenters. The van der Waals surface area contributed by atoms with E-state index in [0.717, 1.165) is 6.07 Å². The van der Waals surface area contributed by atoms with Crippen LogP contribution in [-0.4, -0.2) is 22.0 Å². The normalized spacial score (nSPS) is 9.31. The van der Waals surface area contributed by atoms with Crippen LogP contribution in [0.4, 0.5) is 0 Å². The van der Waals surface area contributed by atoms with E-state index in [0.29, 0.717) is 0 Å². The minimum absolute atomic E-state index is 0.0544. The third-order valence-corrected chi connectivity index (χ3v) is 1.19. The van der Waals surface area contributed by atoms with Crippen molar-refractivity contribution in [2.24, 2.45) is 0 Å². The van der Waals surface area contributed by atoms with Crippen LogP contribution < -0.4 is 16.4 Å². The second-order valence-electron chi connectivity index (χ2n) is 2.31. The van der Waals surface area contributed by atoms with Crippen molar-refractivity contribution in [3.63, 3.8) is 0 Å². The molecule has 0 radical (unpaired) electrons. The van der Waals surface area contributed by atoms with E-state index in [-0.39, 0.29) is 5.69 Å². The molecule has 0 aliphatic heterocycles. The maximum Gasteiger partial charge on any atom is 0.287 e. The van der Waals surface area contributed by atoms with Gasteiger partial charge in [0.15, 0.2) is 0 Å². The number of nitrogens with one attached hydrogen (secondary N) is 4. The van der Waals surface area contributed by atoms with Gasteiger partial charge in [-0.3, -0.25) is 35.4 Å². The third-order valence-electron chi connectivity index (χ3n) is 1.19. The maximum absolute atomic E-state index is 11.0. The lowest BCUT2D eigenvalue weighted by Crippen LogP contribution is -2.40. The van der Waals surface area contributed by atoms with Gasteiger partial charge in [0.1, 0.15) is 5.69 Å². The first-order chi connectivity index (χ1) is 6.09. The molecule has 1 rings (SSSR count). The molecule has 0 aliphatic carbocycles. The molecule has 4 N–H and O–H groups in total. The Balaban J connectivity index is 2.59. The van der Waals surface area contributed by atoms with E-state index >= 15 is 0 Å². The van der Waals surface area contributed by atoms with Gasteiger partial charge in [0.25, 0.3) is 11.5 Å². The monoisotopic (exact) mass is 184 g/mol. The summed E-state index contributed by atoms with van der Waals surface area (Å²) in [4.78, 5) is 32.0. The smallest absolute Gasteiger partial charge is 0.287 e. The van der Waals surface area contributed by atoms with Gasteiger partial charge in [-0.15, -0.1) is 0 Å². The first-order valence-corrected chi connectivity index (χ1v) is 3.44. The van der Waals surface area contributed by atoms with Crippen LogP contribution in [0.2, 0.25) is 0 Å². The molecule has 0 atom stereocenters. The number of hydrogen-bond acceptors (Lipinski definition) is 3. The predicted octanol–water partition coefficient (Wildman–Crippen LogP) is -1.52. The average molecular weight is 184 g/mol. The van der Waals surface area contributed by atoms with Gasteiger partial charge >= 0.3 is 0 Å². The average Bonchev–Trinajstić information content (AvgIpc) is 2.47. The fraction of sp³-hybridized carbons (Fsp3) is 0.167. The van der Waals surface area contributed by atoms with E-state index in [1.807, 2.05) is 0 Å². The molecule has 70 valence electrons. The third kappa shape index (κ3) is 2.47. The molecule has 1 heterocycles. The second-order valence-corrected chi connectivity index (χ2v) is 2.31. The molecule has 7 nitrogen and oxygen atoms in total. The van der Waals surface area contributed by atoms with Crippen molar-refractivity contribution in [3.05, 3.63) is 22.1 Å². The molecule has 0 bridgehead atoms. The van der Waals surface area contributed by atoms with Gasteiger partial charge < -0.3 is 0 Å². The molecule has 0 aromatic carbocycles. The molecule has 1 aromatic rings. The Morgan fingerprint density at radius 2 is 2.00 bits per heavy atom. The molecule has 1 aromatic heterocycles. The Bertz CT molecular complexity index is 377. The quantitative estimate of drug-likeness (QED) is 0.398. The highest BCUT2D eigenvalue weighted by atomic mass is 16.2. The van der Waals surface area contributed by atoms with Crippen molar-refractivity contribution in [2.45, 2.75) is 6.92 Å². The predicted molar refractivity (Wildman–Crippen MR) is 42.7 cm³/mol. The van der Waals surface area contributed by atoms with Crippen molar-refractivity contribution in [1.29, 1.82) is 0 Å². The number of aromatic amines is 2. The lowest BCUT2D eigenvalue weighted by atomic mass is 10.4. The van der Waals surface area contributed by atoms with E-state index < -0.39 is 17.4 Å². The minimum Gasteiger partial charge on any atom is -0.293 e. The Hall–Kier alpha value is -2.05. The highest BCUT2D eigenvalue weighted by Crippen LogP contribution is 1.84. The number of carbonyl (C=O) groups excluding carboxylic acids is 2. The lowest BCUT2D eigenvalue weighted by Gasteiger charge is -2.01. The molecular weight excluding hydrogens is 176 g/mol. The zero-order chi connectivity index (χ0) is 9.84. The van der Waals surface area contributed by atoms with Crippen molar-refractivity contribution in [3.8, 4) is 0 Å². The van der Waals surface area contributed by atoms with Gasteiger partial charge in [0.2, 0.25) is 5.91 Å². The van der Waals surface area contributed by atoms with E-state index in [9.17, 15) is 14.4 Å². The summed E-state index contributed by atoms with van der Waals surface area (Å²) < 4.78 is 0. The van der Waals surface area contributed by atoms with Crippen LogP contribution in [0.25, 0.3) is 0 Å². The van der Waals surface area contributed by atoms with Crippen molar-refractivity contribution in [2.75, 3.05) is 0 Å². The highest BCUT2D eigenvalue weighted by Gasteiger charge is 2.06. The molecule has 7 heteroatoms. The Morgan fingerprint density at radius 3 is 2.46 bits per heavy atom. The summed E-state index contributed by atoms with van der Waals surface area (Å²) in [7, 11) is 0. The fourth-order valence-electron chi connectivity index (χ4n) is 0.667. The van der Waals surface area contributed by atoms with Crippen LogP contribution in [0.15, 0.2) is 10.9 Å². The zero-order valence-corrected chi connectivity index (χ0v) is 6.80.